The number of para-hydroxylation sites is 1. The average molecular weight is 410 g/mol. The number of esters is 1. The van der Waals surface area contributed by atoms with Crippen molar-refractivity contribution in [2.75, 3.05) is 20.2 Å². The average Bonchev–Trinajstić information content (AvgIpc) is 3.44. The van der Waals surface area contributed by atoms with E-state index in [1.807, 2.05) is 58.8 Å². The number of nitrogens with zero attached hydrogens (tertiary/aromatic N) is 3. The number of hydrogen-bond donors (Lipinski definition) is 0. The smallest absolute Gasteiger partial charge is 0.305 e. The fourth-order valence-corrected chi connectivity index (χ4v) is 4.35. The van der Waals surface area contributed by atoms with Crippen LogP contribution in [0.15, 0.2) is 53.9 Å². The molecule has 7 heteroatoms. The second-order valence-corrected chi connectivity index (χ2v) is 8.10. The van der Waals surface area contributed by atoms with Gasteiger partial charge in [0.05, 0.1) is 17.7 Å². The molecule has 0 bridgehead atoms. The van der Waals surface area contributed by atoms with E-state index in [2.05, 4.69) is 0 Å². The zero-order valence-electron chi connectivity index (χ0n) is 16.3. The highest BCUT2D eigenvalue weighted by molar-refractivity contribution is 7.13. The van der Waals surface area contributed by atoms with Crippen molar-refractivity contribution >= 4 is 23.2 Å². The monoisotopic (exact) mass is 409 g/mol. The van der Waals surface area contributed by atoms with Crippen LogP contribution in [0.3, 0.4) is 0 Å². The van der Waals surface area contributed by atoms with E-state index >= 15 is 0 Å². The number of hydrogen-bond acceptors (Lipinski definition) is 5. The SMILES string of the molecule is COC(=O)CC1CCN(C(=O)c2cc(-c3cccs3)nn2-c2ccccc2)CC1. The van der Waals surface area contributed by atoms with E-state index in [4.69, 9.17) is 9.84 Å². The van der Waals surface area contributed by atoms with Crippen molar-refractivity contribution < 1.29 is 14.3 Å². The molecule has 0 saturated carbocycles. The number of carbonyl (C=O) groups is 2. The molecule has 150 valence electrons. The molecule has 3 aromatic rings. The Hall–Kier alpha value is -2.93. The summed E-state index contributed by atoms with van der Waals surface area (Å²) in [5.74, 6) is 0.0606. The molecule has 1 aromatic carbocycles. The van der Waals surface area contributed by atoms with E-state index in [0.717, 1.165) is 29.1 Å². The van der Waals surface area contributed by atoms with Gasteiger partial charge in [0.1, 0.15) is 11.4 Å². The molecule has 6 nitrogen and oxygen atoms in total. The van der Waals surface area contributed by atoms with Crippen LogP contribution in [0.2, 0.25) is 0 Å². The zero-order chi connectivity index (χ0) is 20.2. The first-order valence-electron chi connectivity index (χ1n) is 9.71. The molecule has 29 heavy (non-hydrogen) atoms. The fourth-order valence-electron chi connectivity index (χ4n) is 3.67. The highest BCUT2D eigenvalue weighted by Gasteiger charge is 2.28. The van der Waals surface area contributed by atoms with Crippen molar-refractivity contribution in [1.29, 1.82) is 0 Å². The van der Waals surface area contributed by atoms with E-state index in [1.165, 1.54) is 7.11 Å². The standard InChI is InChI=1S/C22H23N3O3S/c1-28-21(26)14-16-9-11-24(12-10-16)22(27)19-15-18(20-8-5-13-29-20)23-25(19)17-6-3-2-4-7-17/h2-8,13,15-16H,9-12,14H2,1H3. The Labute approximate surface area is 173 Å². The van der Waals surface area contributed by atoms with Gasteiger partial charge in [-0.3, -0.25) is 9.59 Å². The number of likely N-dealkylation sites (tertiary alicyclic amines) is 1. The summed E-state index contributed by atoms with van der Waals surface area (Å²) >= 11 is 1.60. The molecule has 1 fully saturated rings. The molecule has 1 amide bonds. The van der Waals surface area contributed by atoms with Crippen LogP contribution in [-0.2, 0) is 9.53 Å². The van der Waals surface area contributed by atoms with Gasteiger partial charge < -0.3 is 9.64 Å². The van der Waals surface area contributed by atoms with Gasteiger partial charge in [-0.1, -0.05) is 24.3 Å². The summed E-state index contributed by atoms with van der Waals surface area (Å²) in [7, 11) is 1.41. The number of methoxy groups -OCH3 is 1. The molecule has 0 N–H and O–H groups in total. The summed E-state index contributed by atoms with van der Waals surface area (Å²) in [6.07, 6.45) is 2.03. The summed E-state index contributed by atoms with van der Waals surface area (Å²) in [5.41, 5.74) is 2.22. The van der Waals surface area contributed by atoms with Crippen molar-refractivity contribution in [3.8, 4) is 16.3 Å². The maximum Gasteiger partial charge on any atom is 0.305 e. The first kappa shape index (κ1) is 19.4. The molecule has 0 unspecified atom stereocenters. The van der Waals surface area contributed by atoms with Gasteiger partial charge in [-0.05, 0) is 48.4 Å². The van der Waals surface area contributed by atoms with Gasteiger partial charge in [-0.2, -0.15) is 5.10 Å². The minimum absolute atomic E-state index is 0.0272. The summed E-state index contributed by atoms with van der Waals surface area (Å²) in [5, 5.41) is 6.73. The Balaban J connectivity index is 1.57. The zero-order valence-corrected chi connectivity index (χ0v) is 17.1. The molecular weight excluding hydrogens is 386 g/mol. The van der Waals surface area contributed by atoms with Gasteiger partial charge in [-0.25, -0.2) is 4.68 Å². The van der Waals surface area contributed by atoms with Crippen molar-refractivity contribution in [1.82, 2.24) is 14.7 Å². The normalized spacial score (nSPS) is 14.7. The summed E-state index contributed by atoms with van der Waals surface area (Å²) in [4.78, 5) is 27.8. The Morgan fingerprint density at radius 1 is 1.14 bits per heavy atom. The quantitative estimate of drug-likeness (QED) is 0.597. The molecule has 0 radical (unpaired) electrons. The molecule has 4 rings (SSSR count). The van der Waals surface area contributed by atoms with Crippen LogP contribution in [0.4, 0.5) is 0 Å². The number of ether oxygens (including phenoxy) is 1. The van der Waals surface area contributed by atoms with E-state index in [0.29, 0.717) is 25.2 Å². The highest BCUT2D eigenvalue weighted by atomic mass is 32.1. The number of benzene rings is 1. The van der Waals surface area contributed by atoms with Gasteiger partial charge in [0.15, 0.2) is 0 Å². The first-order valence-corrected chi connectivity index (χ1v) is 10.6. The van der Waals surface area contributed by atoms with Crippen LogP contribution in [0.1, 0.15) is 29.8 Å². The maximum absolute atomic E-state index is 13.3. The van der Waals surface area contributed by atoms with Gasteiger partial charge >= 0.3 is 5.97 Å². The minimum atomic E-state index is -0.183. The minimum Gasteiger partial charge on any atom is -0.469 e. The highest BCUT2D eigenvalue weighted by Crippen LogP contribution is 2.28. The first-order chi connectivity index (χ1) is 14.2. The summed E-state index contributed by atoms with van der Waals surface area (Å²) in [6, 6.07) is 15.6. The molecule has 2 aromatic heterocycles. The largest absolute Gasteiger partial charge is 0.469 e. The number of piperidine rings is 1. The number of carbonyl (C=O) groups excluding carboxylic acids is 2. The predicted molar refractivity (Wildman–Crippen MR) is 112 cm³/mol. The van der Waals surface area contributed by atoms with Crippen LogP contribution in [0.25, 0.3) is 16.3 Å². The molecule has 0 atom stereocenters. The van der Waals surface area contributed by atoms with Gasteiger partial charge in [0.25, 0.3) is 5.91 Å². The van der Waals surface area contributed by atoms with E-state index in [-0.39, 0.29) is 17.8 Å². The van der Waals surface area contributed by atoms with Crippen molar-refractivity contribution in [2.24, 2.45) is 5.92 Å². The number of rotatable bonds is 5. The molecule has 0 aliphatic carbocycles. The molecule has 3 heterocycles. The Morgan fingerprint density at radius 2 is 1.90 bits per heavy atom. The van der Waals surface area contributed by atoms with E-state index in [1.54, 1.807) is 16.0 Å². The molecule has 1 aliphatic heterocycles. The number of amides is 1. The third-order valence-electron chi connectivity index (χ3n) is 5.29. The van der Waals surface area contributed by atoms with Crippen LogP contribution < -0.4 is 0 Å². The van der Waals surface area contributed by atoms with Crippen LogP contribution in [-0.4, -0.2) is 46.8 Å². The van der Waals surface area contributed by atoms with Gasteiger partial charge in [0, 0.05) is 19.5 Å². The Morgan fingerprint density at radius 3 is 2.55 bits per heavy atom. The third-order valence-corrected chi connectivity index (χ3v) is 6.18. The Bertz CT molecular complexity index is 974. The summed E-state index contributed by atoms with van der Waals surface area (Å²) < 4.78 is 6.50. The number of aromatic nitrogens is 2. The van der Waals surface area contributed by atoms with Crippen LogP contribution in [0, 0.1) is 5.92 Å². The van der Waals surface area contributed by atoms with Gasteiger partial charge in [-0.15, -0.1) is 11.3 Å². The second-order valence-electron chi connectivity index (χ2n) is 7.16. The second kappa shape index (κ2) is 8.61. The van der Waals surface area contributed by atoms with Gasteiger partial charge in [0.2, 0.25) is 0 Å². The lowest BCUT2D eigenvalue weighted by atomic mass is 9.93. The molecule has 1 aliphatic rings. The van der Waals surface area contributed by atoms with Crippen molar-refractivity contribution in [2.45, 2.75) is 19.3 Å². The van der Waals surface area contributed by atoms with E-state index < -0.39 is 0 Å². The Kier molecular flexibility index (Phi) is 5.76. The molecule has 1 saturated heterocycles. The fraction of sp³-hybridized carbons (Fsp3) is 0.318. The lowest BCUT2D eigenvalue weighted by Crippen LogP contribution is -2.39. The van der Waals surface area contributed by atoms with Crippen LogP contribution in [0.5, 0.6) is 0 Å². The van der Waals surface area contributed by atoms with Crippen molar-refractivity contribution in [3.63, 3.8) is 0 Å². The topological polar surface area (TPSA) is 64.4 Å². The van der Waals surface area contributed by atoms with Crippen LogP contribution >= 0.6 is 11.3 Å². The van der Waals surface area contributed by atoms with E-state index in [9.17, 15) is 9.59 Å². The molecule has 0 spiro atoms. The lowest BCUT2D eigenvalue weighted by Gasteiger charge is -2.31. The van der Waals surface area contributed by atoms with Crippen molar-refractivity contribution in [3.05, 3.63) is 59.6 Å². The molecular formula is C22H23N3O3S. The number of thiophene rings is 1. The third kappa shape index (κ3) is 4.24. The lowest BCUT2D eigenvalue weighted by molar-refractivity contribution is -0.142. The maximum atomic E-state index is 13.3. The summed E-state index contributed by atoms with van der Waals surface area (Å²) in [6.45, 7) is 1.27. The predicted octanol–water partition coefficient (Wildman–Crippen LogP) is 4.02.